The first-order valence-corrected chi connectivity index (χ1v) is 12.1. The molecule has 0 aliphatic rings. The minimum Gasteiger partial charge on any atom is -0.272 e. The van der Waals surface area contributed by atoms with Crippen LogP contribution in [0.5, 0.6) is 0 Å². The number of hydrazone groups is 1. The van der Waals surface area contributed by atoms with Crippen molar-refractivity contribution in [1.29, 1.82) is 0 Å². The van der Waals surface area contributed by atoms with Crippen molar-refractivity contribution in [3.8, 4) is 5.69 Å². The number of hydrogen-bond acceptors (Lipinski definition) is 5. The average Bonchev–Trinajstić information content (AvgIpc) is 2.90. The number of nitrogens with one attached hydrogen (secondary N) is 1. The Labute approximate surface area is 206 Å². The number of rotatable bonds is 6. The lowest BCUT2D eigenvalue weighted by molar-refractivity contribution is -0.118. The van der Waals surface area contributed by atoms with Crippen molar-refractivity contribution in [3.63, 3.8) is 0 Å². The third-order valence-electron chi connectivity index (χ3n) is 5.61. The maximum absolute atomic E-state index is 13.2. The second-order valence-electron chi connectivity index (χ2n) is 7.97. The highest BCUT2D eigenvalue weighted by Crippen LogP contribution is 2.21. The Morgan fingerprint density at radius 2 is 1.63 bits per heavy atom. The molecular weight excluding hydrogens is 456 g/mol. The molecule has 7 heteroatoms. The summed E-state index contributed by atoms with van der Waals surface area (Å²) in [6, 6.07) is 30.7. The van der Waals surface area contributed by atoms with Gasteiger partial charge in [0.15, 0.2) is 5.16 Å². The first-order chi connectivity index (χ1) is 17.1. The molecule has 0 radical (unpaired) electrons. The van der Waals surface area contributed by atoms with E-state index in [4.69, 9.17) is 0 Å². The Balaban J connectivity index is 1.36. The normalized spacial score (nSPS) is 11.6. The van der Waals surface area contributed by atoms with Crippen LogP contribution in [0.25, 0.3) is 27.4 Å². The third kappa shape index (κ3) is 4.85. The summed E-state index contributed by atoms with van der Waals surface area (Å²) in [5, 5.41) is 7.52. The van der Waals surface area contributed by atoms with Crippen LogP contribution in [0.2, 0.25) is 0 Å². The predicted octanol–water partition coefficient (Wildman–Crippen LogP) is 5.17. The van der Waals surface area contributed by atoms with Gasteiger partial charge in [-0.3, -0.25) is 14.2 Å². The van der Waals surface area contributed by atoms with Crippen molar-refractivity contribution in [2.24, 2.45) is 5.10 Å². The molecule has 4 aromatic carbocycles. The van der Waals surface area contributed by atoms with Crippen LogP contribution in [0.3, 0.4) is 0 Å². The summed E-state index contributed by atoms with van der Waals surface area (Å²) in [6.07, 6.45) is 0. The highest BCUT2D eigenvalue weighted by atomic mass is 32.2. The van der Waals surface area contributed by atoms with E-state index in [0.29, 0.717) is 27.5 Å². The molecule has 0 aliphatic carbocycles. The number of benzene rings is 4. The number of amides is 1. The van der Waals surface area contributed by atoms with E-state index in [-0.39, 0.29) is 17.2 Å². The lowest BCUT2D eigenvalue weighted by atomic mass is 10.0. The number of carbonyl (C=O) groups excluding carboxylic acids is 1. The molecule has 0 spiro atoms. The Kier molecular flexibility index (Phi) is 6.41. The fourth-order valence-corrected chi connectivity index (χ4v) is 4.61. The van der Waals surface area contributed by atoms with Crippen LogP contribution in [0, 0.1) is 0 Å². The molecule has 0 bridgehead atoms. The minimum absolute atomic E-state index is 0.0616. The lowest BCUT2D eigenvalue weighted by Gasteiger charge is -2.13. The van der Waals surface area contributed by atoms with Gasteiger partial charge < -0.3 is 0 Å². The van der Waals surface area contributed by atoms with Crippen LogP contribution in [-0.4, -0.2) is 26.9 Å². The molecule has 0 fully saturated rings. The molecule has 172 valence electrons. The van der Waals surface area contributed by atoms with Crippen molar-refractivity contribution in [2.75, 3.05) is 5.75 Å². The van der Waals surface area contributed by atoms with Crippen LogP contribution in [0.4, 0.5) is 0 Å². The quantitative estimate of drug-likeness (QED) is 0.158. The first kappa shape index (κ1) is 22.6. The molecule has 0 saturated carbocycles. The molecule has 1 amide bonds. The van der Waals surface area contributed by atoms with Gasteiger partial charge in [-0.15, -0.1) is 0 Å². The predicted molar refractivity (Wildman–Crippen MR) is 142 cm³/mol. The summed E-state index contributed by atoms with van der Waals surface area (Å²) in [4.78, 5) is 30.5. The molecule has 1 heterocycles. The van der Waals surface area contributed by atoms with Gasteiger partial charge in [-0.2, -0.15) is 5.10 Å². The van der Waals surface area contributed by atoms with Crippen LogP contribution >= 0.6 is 11.8 Å². The molecular formula is C28H22N4O2S. The Morgan fingerprint density at radius 1 is 0.914 bits per heavy atom. The highest BCUT2D eigenvalue weighted by molar-refractivity contribution is 7.99. The van der Waals surface area contributed by atoms with Gasteiger partial charge in [-0.05, 0) is 53.6 Å². The van der Waals surface area contributed by atoms with Gasteiger partial charge in [0.1, 0.15) is 0 Å². The number of aromatic nitrogens is 2. The van der Waals surface area contributed by atoms with Crippen molar-refractivity contribution in [2.45, 2.75) is 12.1 Å². The molecule has 0 aliphatic heterocycles. The molecule has 0 saturated heterocycles. The first-order valence-electron chi connectivity index (χ1n) is 11.1. The number of hydrogen-bond donors (Lipinski definition) is 1. The Morgan fingerprint density at radius 3 is 2.46 bits per heavy atom. The molecule has 0 unspecified atom stereocenters. The summed E-state index contributed by atoms with van der Waals surface area (Å²) in [7, 11) is 0. The van der Waals surface area contributed by atoms with Crippen LogP contribution < -0.4 is 11.0 Å². The summed E-state index contributed by atoms with van der Waals surface area (Å²) in [5.41, 5.74) is 5.39. The summed E-state index contributed by atoms with van der Waals surface area (Å²) in [6.45, 7) is 1.86. The molecule has 35 heavy (non-hydrogen) atoms. The molecule has 5 rings (SSSR count). The van der Waals surface area contributed by atoms with E-state index in [1.807, 2.05) is 85.8 Å². The maximum Gasteiger partial charge on any atom is 0.266 e. The van der Waals surface area contributed by atoms with Crippen LogP contribution in [0.15, 0.2) is 112 Å². The van der Waals surface area contributed by atoms with Gasteiger partial charge >= 0.3 is 0 Å². The van der Waals surface area contributed by atoms with E-state index in [2.05, 4.69) is 21.6 Å². The van der Waals surface area contributed by atoms with Gasteiger partial charge in [0.05, 0.1) is 28.1 Å². The maximum atomic E-state index is 13.2. The monoisotopic (exact) mass is 478 g/mol. The van der Waals surface area contributed by atoms with Crippen molar-refractivity contribution >= 4 is 45.1 Å². The molecule has 0 atom stereocenters. The zero-order valence-corrected chi connectivity index (χ0v) is 19.8. The lowest BCUT2D eigenvalue weighted by Crippen LogP contribution is -2.24. The molecule has 1 N–H and O–H groups in total. The third-order valence-corrected chi connectivity index (χ3v) is 6.55. The number of para-hydroxylation sites is 2. The summed E-state index contributed by atoms with van der Waals surface area (Å²) in [5.74, 6) is -0.219. The van der Waals surface area contributed by atoms with Crippen molar-refractivity contribution in [1.82, 2.24) is 15.0 Å². The SMILES string of the molecule is C/C(=N\NC(=O)CSc1nc2ccccc2c(=O)n1-c1ccccc1)c1ccc2ccccc2c1. The van der Waals surface area contributed by atoms with Gasteiger partial charge in [0.2, 0.25) is 0 Å². The van der Waals surface area contributed by atoms with Gasteiger partial charge in [0, 0.05) is 0 Å². The largest absolute Gasteiger partial charge is 0.272 e. The molecule has 1 aromatic heterocycles. The van der Waals surface area contributed by atoms with Gasteiger partial charge in [0.25, 0.3) is 11.5 Å². The second-order valence-corrected chi connectivity index (χ2v) is 8.91. The zero-order valence-electron chi connectivity index (χ0n) is 19.0. The minimum atomic E-state index is -0.280. The zero-order chi connectivity index (χ0) is 24.2. The second kappa shape index (κ2) is 9.95. The van der Waals surface area contributed by atoms with Crippen molar-refractivity contribution < 1.29 is 4.79 Å². The highest BCUT2D eigenvalue weighted by Gasteiger charge is 2.14. The number of nitrogens with zero attached hydrogens (tertiary/aromatic N) is 3. The van der Waals surface area contributed by atoms with E-state index < -0.39 is 0 Å². The van der Waals surface area contributed by atoms with Crippen LogP contribution in [0.1, 0.15) is 12.5 Å². The molecule has 5 aromatic rings. The number of thioether (sulfide) groups is 1. The number of fused-ring (bicyclic) bond motifs is 2. The van der Waals surface area contributed by atoms with E-state index in [9.17, 15) is 9.59 Å². The smallest absolute Gasteiger partial charge is 0.266 e. The van der Waals surface area contributed by atoms with E-state index in [1.54, 1.807) is 16.7 Å². The van der Waals surface area contributed by atoms with Crippen molar-refractivity contribution in [3.05, 3.63) is 113 Å². The fraction of sp³-hybridized carbons (Fsp3) is 0.0714. The number of carbonyl (C=O) groups is 1. The molecule has 6 nitrogen and oxygen atoms in total. The van der Waals surface area contributed by atoms with E-state index >= 15 is 0 Å². The van der Waals surface area contributed by atoms with Gasteiger partial charge in [-0.1, -0.05) is 78.5 Å². The average molecular weight is 479 g/mol. The summed E-state index contributed by atoms with van der Waals surface area (Å²) < 4.78 is 1.55. The Bertz CT molecular complexity index is 1630. The topological polar surface area (TPSA) is 76.3 Å². The van der Waals surface area contributed by atoms with E-state index in [1.165, 1.54) is 11.8 Å². The Hall–Kier alpha value is -4.23. The van der Waals surface area contributed by atoms with Crippen LogP contribution in [-0.2, 0) is 4.79 Å². The standard InChI is InChI=1S/C28H22N4O2S/c1-19(21-16-15-20-9-5-6-10-22(20)17-21)30-31-26(33)18-35-28-29-25-14-8-7-13-24(25)27(34)32(28)23-11-3-2-4-12-23/h2-17H,18H2,1H3,(H,31,33)/b30-19+. The summed E-state index contributed by atoms with van der Waals surface area (Å²) >= 11 is 1.20. The fourth-order valence-electron chi connectivity index (χ4n) is 3.80. The van der Waals surface area contributed by atoms with Gasteiger partial charge in [-0.25, -0.2) is 10.4 Å². The van der Waals surface area contributed by atoms with E-state index in [0.717, 1.165) is 16.3 Å².